The summed E-state index contributed by atoms with van der Waals surface area (Å²) < 4.78 is 0. The second kappa shape index (κ2) is 5.80. The molecule has 0 radical (unpaired) electrons. The lowest BCUT2D eigenvalue weighted by Gasteiger charge is -2.70. The lowest BCUT2D eigenvalue weighted by atomic mass is 9.52. The van der Waals surface area contributed by atoms with Crippen LogP contribution in [0.5, 0.6) is 0 Å². The lowest BCUT2D eigenvalue weighted by Crippen LogP contribution is -2.72. The fraction of sp³-hybridized carbons (Fsp3) is 0.923. The summed E-state index contributed by atoms with van der Waals surface area (Å²) in [7, 11) is 0. The minimum absolute atomic E-state index is 0.478. The van der Waals surface area contributed by atoms with Crippen LogP contribution in [0.15, 0.2) is 11.3 Å². The summed E-state index contributed by atoms with van der Waals surface area (Å²) in [5.74, 6) is 3.76. The van der Waals surface area contributed by atoms with Gasteiger partial charge < -0.3 is 4.90 Å². The average molecular weight is 381 g/mol. The van der Waals surface area contributed by atoms with Gasteiger partial charge in [0.15, 0.2) is 0 Å². The molecule has 1 aliphatic carbocycles. The van der Waals surface area contributed by atoms with Gasteiger partial charge in [0, 0.05) is 41.3 Å². The summed E-state index contributed by atoms with van der Waals surface area (Å²) in [6.07, 6.45) is 19.4. The Bertz CT molecular complexity index is 711. The second-order valence-electron chi connectivity index (χ2n) is 12.2. The highest BCUT2D eigenvalue weighted by Gasteiger charge is 2.62. The molecular weight excluding hydrogens is 340 g/mol. The molecule has 7 rings (SSSR count). The molecule has 1 spiro atoms. The van der Waals surface area contributed by atoms with Gasteiger partial charge in [-0.05, 0) is 100 Å². The number of nitrogens with zero attached hydrogens (tertiary/aromatic N) is 2. The Morgan fingerprint density at radius 1 is 0.786 bits per heavy atom. The molecule has 0 aromatic rings. The number of allylic oxidation sites excluding steroid dienone is 1. The van der Waals surface area contributed by atoms with E-state index in [0.29, 0.717) is 5.54 Å². The Morgan fingerprint density at radius 2 is 1.54 bits per heavy atom. The van der Waals surface area contributed by atoms with Crippen molar-refractivity contribution in [3.05, 3.63) is 11.3 Å². The van der Waals surface area contributed by atoms with Crippen LogP contribution in [0.1, 0.15) is 97.3 Å². The maximum atomic E-state index is 3.20. The average Bonchev–Trinajstić information content (AvgIpc) is 2.67. The van der Waals surface area contributed by atoms with Crippen molar-refractivity contribution < 1.29 is 0 Å². The normalized spacial score (nSPS) is 54.9. The van der Waals surface area contributed by atoms with E-state index in [-0.39, 0.29) is 0 Å². The molecule has 0 saturated carbocycles. The zero-order chi connectivity index (χ0) is 18.6. The summed E-state index contributed by atoms with van der Waals surface area (Å²) in [5, 5.41) is 0. The molecule has 6 heterocycles. The lowest BCUT2D eigenvalue weighted by molar-refractivity contribution is -0.137. The predicted molar refractivity (Wildman–Crippen MR) is 114 cm³/mol. The highest BCUT2D eigenvalue weighted by molar-refractivity contribution is 5.40. The van der Waals surface area contributed by atoms with Gasteiger partial charge in [0.1, 0.15) is 0 Å². The molecule has 0 N–H and O–H groups in total. The first kappa shape index (κ1) is 17.2. The van der Waals surface area contributed by atoms with Crippen molar-refractivity contribution in [1.29, 1.82) is 0 Å². The molecule has 0 aromatic heterocycles. The van der Waals surface area contributed by atoms with Crippen LogP contribution in [0.4, 0.5) is 0 Å². The predicted octanol–water partition coefficient (Wildman–Crippen LogP) is 5.73. The molecule has 7 aliphatic rings. The summed E-state index contributed by atoms with van der Waals surface area (Å²) in [4.78, 5) is 6.30. The van der Waals surface area contributed by atoms with Crippen molar-refractivity contribution in [2.45, 2.75) is 127 Å². The van der Waals surface area contributed by atoms with Gasteiger partial charge in [-0.2, -0.15) is 0 Å². The number of piperidine rings is 5. The zero-order valence-corrected chi connectivity index (χ0v) is 18.2. The molecule has 0 aromatic carbocycles. The van der Waals surface area contributed by atoms with Gasteiger partial charge in [0.25, 0.3) is 0 Å². The zero-order valence-electron chi connectivity index (χ0n) is 18.2. The Balaban J connectivity index is 1.44. The first-order valence-electron chi connectivity index (χ1n) is 13.0. The third-order valence-electron chi connectivity index (χ3n) is 10.7. The van der Waals surface area contributed by atoms with E-state index >= 15 is 0 Å². The first-order chi connectivity index (χ1) is 13.7. The minimum Gasteiger partial charge on any atom is -0.369 e. The van der Waals surface area contributed by atoms with E-state index in [2.05, 4.69) is 23.6 Å². The minimum atomic E-state index is 0.478. The third kappa shape index (κ3) is 2.05. The molecule has 6 aliphatic heterocycles. The molecule has 5 fully saturated rings. The van der Waals surface area contributed by atoms with Crippen LogP contribution in [-0.4, -0.2) is 39.5 Å². The van der Waals surface area contributed by atoms with Gasteiger partial charge in [0.2, 0.25) is 0 Å². The fourth-order valence-electron chi connectivity index (χ4n) is 10.3. The molecule has 9 atom stereocenters. The van der Waals surface area contributed by atoms with E-state index in [1.165, 1.54) is 83.5 Å². The number of fused-ring (bicyclic) bond motifs is 2. The highest BCUT2D eigenvalue weighted by Crippen LogP contribution is 2.64. The fourth-order valence-corrected chi connectivity index (χ4v) is 10.3. The van der Waals surface area contributed by atoms with E-state index in [4.69, 9.17) is 0 Å². The molecular formula is C26H40N2. The Kier molecular flexibility index (Phi) is 3.57. The van der Waals surface area contributed by atoms with E-state index in [0.717, 1.165) is 47.8 Å². The van der Waals surface area contributed by atoms with Crippen LogP contribution in [0.2, 0.25) is 0 Å². The highest BCUT2D eigenvalue weighted by atomic mass is 15.3. The maximum Gasteiger partial charge on any atom is 0.0451 e. The summed E-state index contributed by atoms with van der Waals surface area (Å²) in [6.45, 7) is 5.23. The Morgan fingerprint density at radius 3 is 2.39 bits per heavy atom. The van der Waals surface area contributed by atoms with E-state index in [9.17, 15) is 0 Å². The monoisotopic (exact) mass is 380 g/mol. The van der Waals surface area contributed by atoms with Gasteiger partial charge in [0.05, 0.1) is 0 Å². The van der Waals surface area contributed by atoms with Gasteiger partial charge in [-0.25, -0.2) is 0 Å². The SMILES string of the molecule is C[C@@H]1C[C@@H]2CCC[C@H]3C[C@H]4C[C@](C1)(C1=C5[C@@H]4[C@H](C)C[C@@H]4CCC[C@@H](CC1)N54)N23. The molecule has 0 amide bonds. The molecule has 0 unspecified atom stereocenters. The van der Waals surface area contributed by atoms with E-state index in [1.807, 2.05) is 11.3 Å². The van der Waals surface area contributed by atoms with Crippen molar-refractivity contribution in [2.75, 3.05) is 0 Å². The first-order valence-corrected chi connectivity index (χ1v) is 13.0. The largest absolute Gasteiger partial charge is 0.369 e. The van der Waals surface area contributed by atoms with Crippen LogP contribution >= 0.6 is 0 Å². The molecule has 5 saturated heterocycles. The number of hydrogen-bond donors (Lipinski definition) is 0. The third-order valence-corrected chi connectivity index (χ3v) is 10.7. The Labute approximate surface area is 172 Å². The summed E-state index contributed by atoms with van der Waals surface area (Å²) >= 11 is 0. The van der Waals surface area contributed by atoms with Crippen LogP contribution < -0.4 is 0 Å². The molecule has 2 nitrogen and oxygen atoms in total. The summed E-state index contributed by atoms with van der Waals surface area (Å²) in [6, 6.07) is 3.61. The molecule has 2 heteroatoms. The molecule has 2 bridgehead atoms. The standard InChI is InChI=1S/C26H40N2/c1-16-11-21-7-4-8-22-13-18-15-26(14-16,28(21)22)23-10-9-19-5-3-6-20-12-17(2)24(18)25(23)27(19)20/h16-22,24H,3-15H2,1-2H3/t16-,17-,18+,19+,20+,21+,22+,24-,26-/m1/s1. The quantitative estimate of drug-likeness (QED) is 0.529. The number of rotatable bonds is 0. The Hall–Kier alpha value is -0.500. The topological polar surface area (TPSA) is 6.48 Å². The second-order valence-corrected chi connectivity index (χ2v) is 12.2. The van der Waals surface area contributed by atoms with Crippen LogP contribution in [0.3, 0.4) is 0 Å². The summed E-state index contributed by atoms with van der Waals surface area (Å²) in [5.41, 5.74) is 4.45. The van der Waals surface area contributed by atoms with Gasteiger partial charge >= 0.3 is 0 Å². The van der Waals surface area contributed by atoms with Gasteiger partial charge in [-0.15, -0.1) is 0 Å². The molecule has 154 valence electrons. The van der Waals surface area contributed by atoms with E-state index in [1.54, 1.807) is 0 Å². The van der Waals surface area contributed by atoms with Crippen LogP contribution in [0, 0.1) is 23.7 Å². The van der Waals surface area contributed by atoms with Gasteiger partial charge in [-0.3, -0.25) is 4.90 Å². The van der Waals surface area contributed by atoms with Gasteiger partial charge in [-0.1, -0.05) is 20.3 Å². The van der Waals surface area contributed by atoms with Crippen molar-refractivity contribution in [1.82, 2.24) is 9.80 Å². The van der Waals surface area contributed by atoms with Crippen LogP contribution in [0.25, 0.3) is 0 Å². The van der Waals surface area contributed by atoms with Crippen molar-refractivity contribution in [2.24, 2.45) is 23.7 Å². The van der Waals surface area contributed by atoms with Crippen molar-refractivity contribution in [3.8, 4) is 0 Å². The van der Waals surface area contributed by atoms with E-state index < -0.39 is 0 Å². The van der Waals surface area contributed by atoms with Crippen molar-refractivity contribution >= 4 is 0 Å². The van der Waals surface area contributed by atoms with Crippen molar-refractivity contribution in [3.63, 3.8) is 0 Å². The molecule has 28 heavy (non-hydrogen) atoms. The maximum absolute atomic E-state index is 3.20. The smallest absolute Gasteiger partial charge is 0.0451 e. The van der Waals surface area contributed by atoms with Crippen LogP contribution in [-0.2, 0) is 0 Å². The number of hydrogen-bond acceptors (Lipinski definition) is 2.